The Bertz CT molecular complexity index is 654. The molecule has 1 atom stereocenters. The highest BCUT2D eigenvalue weighted by Crippen LogP contribution is 2.18. The molecule has 2 aromatic rings. The molecule has 122 valence electrons. The first-order valence-corrected chi connectivity index (χ1v) is 8.11. The highest BCUT2D eigenvalue weighted by molar-refractivity contribution is 7.10. The van der Waals surface area contributed by atoms with Crippen molar-refractivity contribution in [3.63, 3.8) is 0 Å². The van der Waals surface area contributed by atoms with Crippen LogP contribution in [0.3, 0.4) is 0 Å². The van der Waals surface area contributed by atoms with Crippen molar-refractivity contribution in [3.8, 4) is 5.75 Å². The van der Waals surface area contributed by atoms with Crippen LogP contribution in [-0.2, 0) is 14.3 Å². The molecule has 0 aliphatic carbocycles. The molecule has 2 rings (SSSR count). The predicted molar refractivity (Wildman–Crippen MR) is 88.5 cm³/mol. The van der Waals surface area contributed by atoms with Gasteiger partial charge in [0, 0.05) is 4.88 Å². The van der Waals surface area contributed by atoms with E-state index in [1.54, 1.807) is 17.4 Å². The number of nitrogens with one attached hydrogen (secondary N) is 1. The molecule has 5 nitrogen and oxygen atoms in total. The molecule has 0 saturated carbocycles. The van der Waals surface area contributed by atoms with Gasteiger partial charge in [0.1, 0.15) is 5.75 Å². The maximum atomic E-state index is 11.8. The zero-order chi connectivity index (χ0) is 16.7. The smallest absolute Gasteiger partial charge is 0.344 e. The standard InChI is InChI=1S/C17H19NO4S/c1-12-6-3-4-7-14(12)21-11-17(20)22-10-16(19)18-13(2)15-8-5-9-23-15/h3-9,13H,10-11H2,1-2H3,(H,18,19)/t13-/m0/s1. The second kappa shape index (κ2) is 8.33. The highest BCUT2D eigenvalue weighted by atomic mass is 32.1. The third kappa shape index (κ3) is 5.41. The third-order valence-electron chi connectivity index (χ3n) is 3.15. The van der Waals surface area contributed by atoms with Crippen LogP contribution in [0.2, 0.25) is 0 Å². The molecular formula is C17H19NO4S. The van der Waals surface area contributed by atoms with Gasteiger partial charge < -0.3 is 14.8 Å². The number of carbonyl (C=O) groups is 2. The van der Waals surface area contributed by atoms with Crippen LogP contribution in [0.4, 0.5) is 0 Å². The first-order chi connectivity index (χ1) is 11.1. The number of carbonyl (C=O) groups excluding carboxylic acids is 2. The Balaban J connectivity index is 1.70. The fourth-order valence-corrected chi connectivity index (χ4v) is 2.67. The topological polar surface area (TPSA) is 64.6 Å². The lowest BCUT2D eigenvalue weighted by Crippen LogP contribution is -2.31. The predicted octanol–water partition coefficient (Wildman–Crippen LogP) is 2.86. The van der Waals surface area contributed by atoms with Crippen LogP contribution >= 0.6 is 11.3 Å². The van der Waals surface area contributed by atoms with Crippen LogP contribution in [0.15, 0.2) is 41.8 Å². The van der Waals surface area contributed by atoms with Crippen molar-refractivity contribution in [1.29, 1.82) is 0 Å². The molecule has 0 fully saturated rings. The Morgan fingerprint density at radius 1 is 1.17 bits per heavy atom. The number of rotatable bonds is 7. The number of ether oxygens (including phenoxy) is 2. The summed E-state index contributed by atoms with van der Waals surface area (Å²) in [5.74, 6) is -0.289. The summed E-state index contributed by atoms with van der Waals surface area (Å²) in [5, 5.41) is 4.72. The lowest BCUT2D eigenvalue weighted by atomic mass is 10.2. The Hall–Kier alpha value is -2.34. The second-order valence-electron chi connectivity index (χ2n) is 5.02. The van der Waals surface area contributed by atoms with Crippen LogP contribution in [0.25, 0.3) is 0 Å². The maximum Gasteiger partial charge on any atom is 0.344 e. The van der Waals surface area contributed by atoms with E-state index in [-0.39, 0.29) is 25.2 Å². The van der Waals surface area contributed by atoms with Gasteiger partial charge in [-0.05, 0) is 36.9 Å². The SMILES string of the molecule is Cc1ccccc1OCC(=O)OCC(=O)N[C@@H](C)c1cccs1. The number of esters is 1. The van der Waals surface area contributed by atoms with Crippen molar-refractivity contribution >= 4 is 23.2 Å². The van der Waals surface area contributed by atoms with Crippen molar-refractivity contribution in [1.82, 2.24) is 5.32 Å². The van der Waals surface area contributed by atoms with Crippen molar-refractivity contribution in [2.45, 2.75) is 19.9 Å². The van der Waals surface area contributed by atoms with Gasteiger partial charge >= 0.3 is 5.97 Å². The quantitative estimate of drug-likeness (QED) is 0.791. The van der Waals surface area contributed by atoms with E-state index in [4.69, 9.17) is 9.47 Å². The molecule has 0 bridgehead atoms. The summed E-state index contributed by atoms with van der Waals surface area (Å²) in [5.41, 5.74) is 0.933. The summed E-state index contributed by atoms with van der Waals surface area (Å²) in [6, 6.07) is 11.1. The van der Waals surface area contributed by atoms with Gasteiger partial charge in [0.25, 0.3) is 5.91 Å². The average molecular weight is 333 g/mol. The average Bonchev–Trinajstić information content (AvgIpc) is 3.06. The lowest BCUT2D eigenvalue weighted by Gasteiger charge is -2.12. The van der Waals surface area contributed by atoms with E-state index in [2.05, 4.69) is 5.32 Å². The molecule has 0 aliphatic heterocycles. The lowest BCUT2D eigenvalue weighted by molar-refractivity contribution is -0.150. The van der Waals surface area contributed by atoms with E-state index in [1.807, 2.05) is 49.6 Å². The first kappa shape index (κ1) is 17.0. The van der Waals surface area contributed by atoms with Gasteiger partial charge in [0.05, 0.1) is 6.04 Å². The molecule has 0 radical (unpaired) electrons. The Labute approximate surface area is 139 Å². The first-order valence-electron chi connectivity index (χ1n) is 7.23. The Kier molecular flexibility index (Phi) is 6.17. The van der Waals surface area contributed by atoms with Gasteiger partial charge in [-0.1, -0.05) is 24.3 Å². The molecule has 1 amide bonds. The number of benzene rings is 1. The van der Waals surface area contributed by atoms with Crippen LogP contribution in [0, 0.1) is 6.92 Å². The molecule has 1 N–H and O–H groups in total. The van der Waals surface area contributed by atoms with E-state index in [9.17, 15) is 9.59 Å². The Morgan fingerprint density at radius 2 is 1.96 bits per heavy atom. The van der Waals surface area contributed by atoms with Crippen molar-refractivity contribution in [2.75, 3.05) is 13.2 Å². The minimum atomic E-state index is -0.577. The van der Waals surface area contributed by atoms with Gasteiger partial charge in [-0.3, -0.25) is 4.79 Å². The number of hydrogen-bond donors (Lipinski definition) is 1. The van der Waals surface area contributed by atoms with E-state index >= 15 is 0 Å². The summed E-state index contributed by atoms with van der Waals surface area (Å²) in [6.07, 6.45) is 0. The molecule has 1 aromatic heterocycles. The monoisotopic (exact) mass is 333 g/mol. The van der Waals surface area contributed by atoms with Crippen LogP contribution in [-0.4, -0.2) is 25.1 Å². The van der Waals surface area contributed by atoms with E-state index in [0.717, 1.165) is 10.4 Å². The summed E-state index contributed by atoms with van der Waals surface area (Å²) in [6.45, 7) is 3.23. The minimum absolute atomic E-state index is 0.107. The zero-order valence-electron chi connectivity index (χ0n) is 13.1. The number of para-hydroxylation sites is 1. The Morgan fingerprint density at radius 3 is 2.65 bits per heavy atom. The number of aryl methyl sites for hydroxylation is 1. The maximum absolute atomic E-state index is 11.8. The largest absolute Gasteiger partial charge is 0.482 e. The van der Waals surface area contributed by atoms with Crippen LogP contribution in [0.1, 0.15) is 23.4 Å². The number of hydrogen-bond acceptors (Lipinski definition) is 5. The summed E-state index contributed by atoms with van der Waals surface area (Å²) >= 11 is 1.56. The number of thiophene rings is 1. The van der Waals surface area contributed by atoms with Gasteiger partial charge in [-0.15, -0.1) is 11.3 Å². The van der Waals surface area contributed by atoms with E-state index < -0.39 is 5.97 Å². The van der Waals surface area contributed by atoms with E-state index in [0.29, 0.717) is 5.75 Å². The molecule has 0 aliphatic rings. The van der Waals surface area contributed by atoms with Crippen LogP contribution in [0.5, 0.6) is 5.75 Å². The summed E-state index contributed by atoms with van der Waals surface area (Å²) < 4.78 is 10.3. The van der Waals surface area contributed by atoms with Crippen molar-refractivity contribution < 1.29 is 19.1 Å². The molecule has 0 spiro atoms. The summed E-state index contributed by atoms with van der Waals surface area (Å²) in [7, 11) is 0. The fourth-order valence-electron chi connectivity index (χ4n) is 1.93. The van der Waals surface area contributed by atoms with Gasteiger partial charge in [-0.2, -0.15) is 0 Å². The zero-order valence-corrected chi connectivity index (χ0v) is 13.9. The van der Waals surface area contributed by atoms with Gasteiger partial charge in [0.2, 0.25) is 0 Å². The van der Waals surface area contributed by atoms with Crippen molar-refractivity contribution in [2.24, 2.45) is 0 Å². The number of amides is 1. The molecule has 6 heteroatoms. The normalized spacial score (nSPS) is 11.6. The molecule has 1 heterocycles. The second-order valence-corrected chi connectivity index (χ2v) is 6.00. The molecule has 1 aromatic carbocycles. The molecule has 0 saturated heterocycles. The van der Waals surface area contributed by atoms with E-state index in [1.165, 1.54) is 0 Å². The fraction of sp³-hybridized carbons (Fsp3) is 0.294. The third-order valence-corrected chi connectivity index (χ3v) is 4.21. The highest BCUT2D eigenvalue weighted by Gasteiger charge is 2.13. The molecular weight excluding hydrogens is 314 g/mol. The minimum Gasteiger partial charge on any atom is -0.482 e. The molecule has 23 heavy (non-hydrogen) atoms. The summed E-state index contributed by atoms with van der Waals surface area (Å²) in [4.78, 5) is 24.4. The van der Waals surface area contributed by atoms with Gasteiger partial charge in [0.15, 0.2) is 13.2 Å². The van der Waals surface area contributed by atoms with Crippen molar-refractivity contribution in [3.05, 3.63) is 52.2 Å². The van der Waals surface area contributed by atoms with Crippen LogP contribution < -0.4 is 10.1 Å². The molecule has 0 unspecified atom stereocenters. The van der Waals surface area contributed by atoms with Gasteiger partial charge in [-0.25, -0.2) is 4.79 Å².